The van der Waals surface area contributed by atoms with Crippen LogP contribution in [0.2, 0.25) is 0 Å². The number of rotatable bonds is 3. The van der Waals surface area contributed by atoms with Crippen LogP contribution in [0.15, 0.2) is 17.1 Å². The highest BCUT2D eigenvalue weighted by molar-refractivity contribution is 5.93. The number of carbonyl (C=O) groups excluding carboxylic acids is 1. The highest BCUT2D eigenvalue weighted by Gasteiger charge is 2.34. The van der Waals surface area contributed by atoms with Crippen LogP contribution in [-0.2, 0) is 16.6 Å². The van der Waals surface area contributed by atoms with Crippen molar-refractivity contribution in [3.05, 3.63) is 28.2 Å². The number of aromatic nitrogens is 1. The van der Waals surface area contributed by atoms with E-state index in [0.717, 1.165) is 25.0 Å². The third-order valence-corrected chi connectivity index (χ3v) is 4.05. The van der Waals surface area contributed by atoms with Crippen LogP contribution in [0.4, 0.5) is 5.69 Å². The lowest BCUT2D eigenvalue weighted by Gasteiger charge is -2.33. The summed E-state index contributed by atoms with van der Waals surface area (Å²) < 4.78 is 7.24. The van der Waals surface area contributed by atoms with Gasteiger partial charge in [-0.15, -0.1) is 0 Å². The fourth-order valence-electron chi connectivity index (χ4n) is 2.82. The molecule has 1 aromatic rings. The highest BCUT2D eigenvalue weighted by Crippen LogP contribution is 2.27. The topological polar surface area (TPSA) is 60.3 Å². The molecule has 1 aromatic heterocycles. The Labute approximate surface area is 125 Å². The molecule has 2 unspecified atom stereocenters. The third kappa shape index (κ3) is 3.53. The molecule has 0 aromatic carbocycles. The van der Waals surface area contributed by atoms with Gasteiger partial charge in [0.1, 0.15) is 0 Å². The molecule has 5 nitrogen and oxygen atoms in total. The molecule has 1 aliphatic heterocycles. The van der Waals surface area contributed by atoms with Crippen LogP contribution in [0.1, 0.15) is 32.3 Å². The first-order valence-corrected chi connectivity index (χ1v) is 7.50. The molecule has 1 aliphatic rings. The minimum absolute atomic E-state index is 0.0184. The Morgan fingerprint density at radius 1 is 1.48 bits per heavy atom. The van der Waals surface area contributed by atoms with Gasteiger partial charge in [0.15, 0.2) is 0 Å². The van der Waals surface area contributed by atoms with Crippen LogP contribution in [0.5, 0.6) is 0 Å². The van der Waals surface area contributed by atoms with Gasteiger partial charge in [0, 0.05) is 25.9 Å². The van der Waals surface area contributed by atoms with E-state index < -0.39 is 0 Å². The van der Waals surface area contributed by atoms with Crippen molar-refractivity contribution in [2.75, 3.05) is 11.9 Å². The number of nitrogens with zero attached hydrogens (tertiary/aromatic N) is 1. The van der Waals surface area contributed by atoms with E-state index >= 15 is 0 Å². The summed E-state index contributed by atoms with van der Waals surface area (Å²) in [6.07, 6.45) is 3.39. The lowest BCUT2D eigenvalue weighted by molar-refractivity contribution is -0.131. The van der Waals surface area contributed by atoms with E-state index in [4.69, 9.17) is 4.74 Å². The largest absolute Gasteiger partial charge is 0.377 e. The summed E-state index contributed by atoms with van der Waals surface area (Å²) in [5.41, 5.74) is 1.39. The molecule has 2 rings (SSSR count). The van der Waals surface area contributed by atoms with Crippen molar-refractivity contribution in [1.29, 1.82) is 0 Å². The van der Waals surface area contributed by atoms with Gasteiger partial charge in [-0.05, 0) is 31.2 Å². The quantitative estimate of drug-likeness (QED) is 0.928. The van der Waals surface area contributed by atoms with E-state index in [2.05, 4.69) is 19.2 Å². The molecule has 1 N–H and O–H groups in total. The minimum Gasteiger partial charge on any atom is -0.377 e. The second kappa shape index (κ2) is 6.43. The van der Waals surface area contributed by atoms with Gasteiger partial charge in [-0.1, -0.05) is 13.8 Å². The molecule has 0 aliphatic carbocycles. The molecule has 0 saturated carbocycles. The lowest BCUT2D eigenvalue weighted by atomic mass is 9.86. The minimum atomic E-state index is -0.129. The average Bonchev–Trinajstić information content (AvgIpc) is 2.44. The summed E-state index contributed by atoms with van der Waals surface area (Å²) in [6, 6.07) is 1.53. The van der Waals surface area contributed by atoms with Crippen LogP contribution in [0, 0.1) is 18.8 Å². The van der Waals surface area contributed by atoms with E-state index in [1.54, 1.807) is 13.2 Å². The maximum atomic E-state index is 12.6. The fourth-order valence-corrected chi connectivity index (χ4v) is 2.82. The van der Waals surface area contributed by atoms with Crippen molar-refractivity contribution < 1.29 is 9.53 Å². The van der Waals surface area contributed by atoms with Crippen LogP contribution in [-0.4, -0.2) is 23.2 Å². The van der Waals surface area contributed by atoms with Crippen LogP contribution in [0.3, 0.4) is 0 Å². The molecule has 2 heterocycles. The van der Waals surface area contributed by atoms with Crippen molar-refractivity contribution >= 4 is 11.6 Å². The third-order valence-electron chi connectivity index (χ3n) is 4.05. The molecule has 5 heteroatoms. The standard InChI is InChI=1S/C16H24N2O3/c1-10(2)15-12(6-5-7-21-15)16(20)17-13-9-18(4)14(19)8-11(13)3/h8-10,12,15H,5-7H2,1-4H3,(H,17,20). The summed E-state index contributed by atoms with van der Waals surface area (Å²) >= 11 is 0. The Kier molecular flexibility index (Phi) is 4.83. The van der Waals surface area contributed by atoms with Gasteiger partial charge in [-0.2, -0.15) is 0 Å². The molecule has 21 heavy (non-hydrogen) atoms. The van der Waals surface area contributed by atoms with Gasteiger partial charge in [0.2, 0.25) is 5.91 Å². The van der Waals surface area contributed by atoms with Gasteiger partial charge in [0.05, 0.1) is 17.7 Å². The number of ether oxygens (including phenoxy) is 1. The van der Waals surface area contributed by atoms with E-state index in [-0.39, 0.29) is 23.5 Å². The Balaban J connectivity index is 2.17. The van der Waals surface area contributed by atoms with Gasteiger partial charge >= 0.3 is 0 Å². The molecule has 0 radical (unpaired) electrons. The molecule has 0 spiro atoms. The summed E-state index contributed by atoms with van der Waals surface area (Å²) in [5, 5.41) is 2.95. The van der Waals surface area contributed by atoms with E-state index in [9.17, 15) is 9.59 Å². The molecule has 116 valence electrons. The normalized spacial score (nSPS) is 22.3. The summed E-state index contributed by atoms with van der Waals surface area (Å²) in [7, 11) is 1.68. The molecule has 2 atom stereocenters. The van der Waals surface area contributed by atoms with E-state index in [1.165, 1.54) is 10.6 Å². The predicted molar refractivity (Wildman–Crippen MR) is 82.4 cm³/mol. The van der Waals surface area contributed by atoms with E-state index in [0.29, 0.717) is 11.6 Å². The number of pyridine rings is 1. The first kappa shape index (κ1) is 15.8. The zero-order valence-corrected chi connectivity index (χ0v) is 13.2. The van der Waals surface area contributed by atoms with Crippen LogP contribution < -0.4 is 10.9 Å². The number of carbonyl (C=O) groups is 1. The number of hydrogen-bond donors (Lipinski definition) is 1. The van der Waals surface area contributed by atoms with Crippen LogP contribution in [0.25, 0.3) is 0 Å². The van der Waals surface area contributed by atoms with E-state index in [1.807, 2.05) is 6.92 Å². The van der Waals surface area contributed by atoms with Crippen molar-refractivity contribution in [2.45, 2.75) is 39.7 Å². The number of anilines is 1. The molecular formula is C16H24N2O3. The number of nitrogens with one attached hydrogen (secondary N) is 1. The summed E-state index contributed by atoms with van der Waals surface area (Å²) in [6.45, 7) is 6.71. The Hall–Kier alpha value is -1.62. The zero-order chi connectivity index (χ0) is 15.6. The summed E-state index contributed by atoms with van der Waals surface area (Å²) in [5.74, 6) is 0.160. The smallest absolute Gasteiger partial charge is 0.250 e. The molecule has 1 fully saturated rings. The molecule has 0 bridgehead atoms. The molecule has 1 amide bonds. The predicted octanol–water partition coefficient (Wildman–Crippen LogP) is 2.08. The Morgan fingerprint density at radius 3 is 2.86 bits per heavy atom. The average molecular weight is 292 g/mol. The second-order valence-corrected chi connectivity index (χ2v) is 6.14. The van der Waals surface area contributed by atoms with Gasteiger partial charge in [-0.25, -0.2) is 0 Å². The van der Waals surface area contributed by atoms with Gasteiger partial charge in [-0.3, -0.25) is 9.59 Å². The number of hydrogen-bond acceptors (Lipinski definition) is 3. The molecular weight excluding hydrogens is 268 g/mol. The van der Waals surface area contributed by atoms with Crippen molar-refractivity contribution in [3.8, 4) is 0 Å². The number of aryl methyl sites for hydroxylation is 2. The summed E-state index contributed by atoms with van der Waals surface area (Å²) in [4.78, 5) is 24.1. The maximum Gasteiger partial charge on any atom is 0.250 e. The lowest BCUT2D eigenvalue weighted by Crippen LogP contribution is -2.41. The zero-order valence-electron chi connectivity index (χ0n) is 13.2. The van der Waals surface area contributed by atoms with Crippen molar-refractivity contribution in [2.24, 2.45) is 18.9 Å². The first-order valence-electron chi connectivity index (χ1n) is 7.50. The number of amides is 1. The van der Waals surface area contributed by atoms with Gasteiger partial charge in [0.25, 0.3) is 5.56 Å². The highest BCUT2D eigenvalue weighted by atomic mass is 16.5. The Bertz CT molecular complexity index is 577. The first-order chi connectivity index (χ1) is 9.90. The molecule has 1 saturated heterocycles. The van der Waals surface area contributed by atoms with Gasteiger partial charge < -0.3 is 14.6 Å². The fraction of sp³-hybridized carbons (Fsp3) is 0.625. The Morgan fingerprint density at radius 2 is 2.19 bits per heavy atom. The van der Waals surface area contributed by atoms with Crippen molar-refractivity contribution in [1.82, 2.24) is 4.57 Å². The van der Waals surface area contributed by atoms with Crippen molar-refractivity contribution in [3.63, 3.8) is 0 Å². The monoisotopic (exact) mass is 292 g/mol. The second-order valence-electron chi connectivity index (χ2n) is 6.14. The maximum absolute atomic E-state index is 12.6. The van der Waals surface area contributed by atoms with Crippen LogP contribution >= 0.6 is 0 Å². The SMILES string of the molecule is Cc1cc(=O)n(C)cc1NC(=O)C1CCCOC1C(C)C.